The van der Waals surface area contributed by atoms with Gasteiger partial charge in [0.2, 0.25) is 11.1 Å². The minimum absolute atomic E-state index is 0.0954. The Bertz CT molecular complexity index is 850. The third-order valence-electron chi connectivity index (χ3n) is 3.29. The minimum Gasteiger partial charge on any atom is -0.497 e. The van der Waals surface area contributed by atoms with Crippen LogP contribution < -0.4 is 10.1 Å². The van der Waals surface area contributed by atoms with Crippen LogP contribution in [0.5, 0.6) is 5.75 Å². The van der Waals surface area contributed by atoms with Crippen molar-refractivity contribution in [2.75, 3.05) is 18.2 Å². The molecule has 128 valence electrons. The van der Waals surface area contributed by atoms with Crippen LogP contribution in [0.2, 0.25) is 0 Å². The fraction of sp³-hybridized carbons (Fsp3) is 0.118. The van der Waals surface area contributed by atoms with E-state index in [-0.39, 0.29) is 11.7 Å². The van der Waals surface area contributed by atoms with Gasteiger partial charge in [-0.15, -0.1) is 5.10 Å². The number of ether oxygens (including phenoxy) is 1. The van der Waals surface area contributed by atoms with Crippen LogP contribution in [0.25, 0.3) is 11.4 Å². The van der Waals surface area contributed by atoms with Crippen LogP contribution in [0.1, 0.15) is 0 Å². The molecule has 0 spiro atoms. The van der Waals surface area contributed by atoms with Crippen molar-refractivity contribution < 1.29 is 9.53 Å². The third-order valence-corrected chi connectivity index (χ3v) is 4.86. The molecule has 2 aromatic carbocycles. The highest BCUT2D eigenvalue weighted by Crippen LogP contribution is 2.22. The molecule has 0 aliphatic carbocycles. The number of thioether (sulfide) groups is 1. The molecule has 6 nitrogen and oxygen atoms in total. The number of carbonyl (C=O) groups excluding carboxylic acids is 1. The molecule has 0 saturated carbocycles. The number of hydrogen-bond donors (Lipinski definition) is 2. The van der Waals surface area contributed by atoms with E-state index in [0.717, 1.165) is 20.6 Å². The molecule has 2 N–H and O–H groups in total. The van der Waals surface area contributed by atoms with Gasteiger partial charge in [-0.1, -0.05) is 11.8 Å². The predicted molar refractivity (Wildman–Crippen MR) is 107 cm³/mol. The molecular formula is C17H15IN4O2S. The van der Waals surface area contributed by atoms with Crippen molar-refractivity contribution >= 4 is 45.9 Å². The number of aromatic amines is 1. The van der Waals surface area contributed by atoms with Crippen LogP contribution in [0, 0.1) is 3.57 Å². The Kier molecular flexibility index (Phi) is 5.92. The van der Waals surface area contributed by atoms with E-state index in [1.54, 1.807) is 7.11 Å². The standard InChI is InChI=1S/C17H15IN4O2S/c1-24-14-8-2-11(3-9-14)16-20-17(22-21-16)25-10-15(23)19-13-6-4-12(18)5-7-13/h2-9H,10H2,1H3,(H,19,23)(H,20,21,22). The van der Waals surface area contributed by atoms with Gasteiger partial charge in [-0.25, -0.2) is 4.98 Å². The summed E-state index contributed by atoms with van der Waals surface area (Å²) in [6, 6.07) is 15.2. The molecule has 3 rings (SSSR count). The molecule has 0 saturated heterocycles. The van der Waals surface area contributed by atoms with Crippen molar-refractivity contribution in [3.63, 3.8) is 0 Å². The lowest BCUT2D eigenvalue weighted by molar-refractivity contribution is -0.113. The van der Waals surface area contributed by atoms with Crippen molar-refractivity contribution in [3.8, 4) is 17.1 Å². The normalized spacial score (nSPS) is 10.5. The number of amides is 1. The number of H-pyrrole nitrogens is 1. The largest absolute Gasteiger partial charge is 0.497 e. The molecule has 0 bridgehead atoms. The van der Waals surface area contributed by atoms with Gasteiger partial charge in [-0.2, -0.15) is 0 Å². The highest BCUT2D eigenvalue weighted by atomic mass is 127. The van der Waals surface area contributed by atoms with Gasteiger partial charge in [0.25, 0.3) is 0 Å². The monoisotopic (exact) mass is 466 g/mol. The summed E-state index contributed by atoms with van der Waals surface area (Å²) in [5, 5.41) is 10.4. The summed E-state index contributed by atoms with van der Waals surface area (Å²) in [5.74, 6) is 1.58. The number of anilines is 1. The number of halogens is 1. The van der Waals surface area contributed by atoms with Gasteiger partial charge < -0.3 is 10.1 Å². The zero-order valence-electron chi connectivity index (χ0n) is 13.3. The smallest absolute Gasteiger partial charge is 0.234 e. The molecule has 0 radical (unpaired) electrons. The van der Waals surface area contributed by atoms with Crippen LogP contribution in [0.15, 0.2) is 53.7 Å². The molecule has 1 aromatic heterocycles. The molecule has 0 unspecified atom stereocenters. The minimum atomic E-state index is -0.0954. The topological polar surface area (TPSA) is 79.9 Å². The zero-order valence-corrected chi connectivity index (χ0v) is 16.3. The van der Waals surface area contributed by atoms with Gasteiger partial charge in [0.1, 0.15) is 5.75 Å². The van der Waals surface area contributed by atoms with Gasteiger partial charge in [0, 0.05) is 14.8 Å². The van der Waals surface area contributed by atoms with E-state index in [9.17, 15) is 4.79 Å². The van der Waals surface area contributed by atoms with Crippen molar-refractivity contribution in [3.05, 3.63) is 52.1 Å². The highest BCUT2D eigenvalue weighted by Gasteiger charge is 2.09. The van der Waals surface area contributed by atoms with Crippen LogP contribution in [0.4, 0.5) is 5.69 Å². The Morgan fingerprint density at radius 3 is 2.60 bits per heavy atom. The van der Waals surface area contributed by atoms with Gasteiger partial charge in [-0.05, 0) is 71.1 Å². The molecule has 1 amide bonds. The first-order valence-corrected chi connectivity index (χ1v) is 9.45. The van der Waals surface area contributed by atoms with E-state index < -0.39 is 0 Å². The third kappa shape index (κ3) is 4.95. The maximum Gasteiger partial charge on any atom is 0.234 e. The Morgan fingerprint density at radius 2 is 1.92 bits per heavy atom. The molecule has 0 atom stereocenters. The molecule has 3 aromatic rings. The van der Waals surface area contributed by atoms with Crippen LogP contribution in [-0.4, -0.2) is 34.0 Å². The molecule has 8 heteroatoms. The number of nitrogens with one attached hydrogen (secondary N) is 2. The number of methoxy groups -OCH3 is 1. The Labute approximate surface area is 162 Å². The Morgan fingerprint density at radius 1 is 1.20 bits per heavy atom. The molecule has 1 heterocycles. The van der Waals surface area contributed by atoms with E-state index in [1.165, 1.54) is 11.8 Å². The van der Waals surface area contributed by atoms with Gasteiger partial charge in [-0.3, -0.25) is 9.89 Å². The van der Waals surface area contributed by atoms with Crippen molar-refractivity contribution in [1.82, 2.24) is 15.2 Å². The second-order valence-electron chi connectivity index (χ2n) is 5.04. The predicted octanol–water partition coefficient (Wildman–Crippen LogP) is 3.82. The fourth-order valence-corrected chi connectivity index (χ4v) is 3.01. The first-order chi connectivity index (χ1) is 12.1. The summed E-state index contributed by atoms with van der Waals surface area (Å²) in [5.41, 5.74) is 1.68. The van der Waals surface area contributed by atoms with E-state index in [0.29, 0.717) is 11.0 Å². The number of nitrogens with zero attached hydrogens (tertiary/aromatic N) is 2. The lowest BCUT2D eigenvalue weighted by atomic mass is 10.2. The number of carbonyl (C=O) groups is 1. The Balaban J connectivity index is 1.55. The quantitative estimate of drug-likeness (QED) is 0.427. The average molecular weight is 466 g/mol. The number of rotatable bonds is 6. The van der Waals surface area contributed by atoms with Crippen LogP contribution in [0.3, 0.4) is 0 Å². The first-order valence-electron chi connectivity index (χ1n) is 7.39. The lowest BCUT2D eigenvalue weighted by Gasteiger charge is -2.03. The summed E-state index contributed by atoms with van der Waals surface area (Å²) in [7, 11) is 1.62. The van der Waals surface area contributed by atoms with Crippen LogP contribution in [-0.2, 0) is 4.79 Å². The summed E-state index contributed by atoms with van der Waals surface area (Å²) in [6.45, 7) is 0. The van der Waals surface area contributed by atoms with E-state index >= 15 is 0 Å². The molecule has 0 aliphatic heterocycles. The fourth-order valence-electron chi connectivity index (χ4n) is 2.05. The zero-order chi connectivity index (χ0) is 17.6. The maximum absolute atomic E-state index is 12.0. The van der Waals surface area contributed by atoms with E-state index in [1.807, 2.05) is 48.5 Å². The lowest BCUT2D eigenvalue weighted by Crippen LogP contribution is -2.14. The second kappa shape index (κ2) is 8.34. The molecule has 0 aliphatic rings. The average Bonchev–Trinajstić information content (AvgIpc) is 3.11. The van der Waals surface area contributed by atoms with Gasteiger partial charge >= 0.3 is 0 Å². The number of hydrogen-bond acceptors (Lipinski definition) is 5. The number of benzene rings is 2. The molecular weight excluding hydrogens is 451 g/mol. The van der Waals surface area contributed by atoms with Crippen molar-refractivity contribution in [1.29, 1.82) is 0 Å². The van der Waals surface area contributed by atoms with E-state index in [2.05, 4.69) is 43.1 Å². The summed E-state index contributed by atoms with van der Waals surface area (Å²) in [6.07, 6.45) is 0. The molecule has 25 heavy (non-hydrogen) atoms. The summed E-state index contributed by atoms with van der Waals surface area (Å²) < 4.78 is 6.26. The summed E-state index contributed by atoms with van der Waals surface area (Å²) >= 11 is 3.50. The van der Waals surface area contributed by atoms with Crippen LogP contribution >= 0.6 is 34.4 Å². The summed E-state index contributed by atoms with van der Waals surface area (Å²) in [4.78, 5) is 16.4. The van der Waals surface area contributed by atoms with E-state index in [4.69, 9.17) is 4.74 Å². The highest BCUT2D eigenvalue weighted by molar-refractivity contribution is 14.1. The molecule has 0 fully saturated rings. The number of aromatic nitrogens is 3. The second-order valence-corrected chi connectivity index (χ2v) is 7.23. The van der Waals surface area contributed by atoms with Crippen molar-refractivity contribution in [2.45, 2.75) is 5.16 Å². The van der Waals surface area contributed by atoms with Crippen molar-refractivity contribution in [2.24, 2.45) is 0 Å². The first kappa shape index (κ1) is 17.7. The maximum atomic E-state index is 12.0. The Hall–Kier alpha value is -2.07. The SMILES string of the molecule is COc1ccc(-c2nc(SCC(=O)Nc3ccc(I)cc3)n[nH]2)cc1. The van der Waals surface area contributed by atoms with Gasteiger partial charge in [0.15, 0.2) is 5.82 Å². The van der Waals surface area contributed by atoms with Gasteiger partial charge in [0.05, 0.1) is 12.9 Å².